The average Bonchev–Trinajstić information content (AvgIpc) is 2.80. The largest absolute Gasteiger partial charge is 0.321 e. The van der Waals surface area contributed by atoms with Crippen LogP contribution in [0.15, 0.2) is 89.5 Å². The number of benzene rings is 3. The van der Waals surface area contributed by atoms with Crippen LogP contribution in [0.4, 0.5) is 5.69 Å². The zero-order chi connectivity index (χ0) is 22.1. The average molecular weight is 448 g/mol. The molecule has 3 rings (SSSR count). The summed E-state index contributed by atoms with van der Waals surface area (Å²) in [5.74, 6) is -0.499. The second kappa shape index (κ2) is 11.0. The van der Waals surface area contributed by atoms with Crippen molar-refractivity contribution in [2.24, 2.45) is 0 Å². The number of carbonyl (C=O) groups excluding carboxylic acids is 2. The van der Waals surface area contributed by atoms with Crippen LogP contribution in [0.25, 0.3) is 6.08 Å². The molecule has 0 bridgehead atoms. The summed E-state index contributed by atoms with van der Waals surface area (Å²) in [6, 6.07) is 24.8. The van der Waals surface area contributed by atoms with Crippen molar-refractivity contribution in [3.63, 3.8) is 0 Å². The summed E-state index contributed by atoms with van der Waals surface area (Å²) in [5, 5.41) is 14.7. The maximum absolute atomic E-state index is 12.9. The van der Waals surface area contributed by atoms with Crippen molar-refractivity contribution < 1.29 is 9.59 Å². The molecule has 3 aromatic carbocycles. The summed E-state index contributed by atoms with van der Waals surface area (Å²) < 4.78 is 0. The van der Waals surface area contributed by atoms with E-state index >= 15 is 0 Å². The van der Waals surface area contributed by atoms with Gasteiger partial charge in [0.1, 0.15) is 5.70 Å². The highest BCUT2D eigenvalue weighted by Crippen LogP contribution is 2.20. The van der Waals surface area contributed by atoms with Gasteiger partial charge in [-0.3, -0.25) is 9.59 Å². The number of halogens is 1. The van der Waals surface area contributed by atoms with Crippen LogP contribution in [0.2, 0.25) is 5.02 Å². The molecular weight excluding hydrogens is 430 g/mol. The van der Waals surface area contributed by atoms with Crippen molar-refractivity contribution in [3.05, 3.63) is 101 Å². The van der Waals surface area contributed by atoms with Crippen molar-refractivity contribution in [1.29, 1.82) is 5.26 Å². The van der Waals surface area contributed by atoms with Gasteiger partial charge < -0.3 is 10.6 Å². The molecule has 0 unspecified atom stereocenters. The number of anilines is 1. The van der Waals surface area contributed by atoms with Crippen LogP contribution in [0, 0.1) is 11.3 Å². The SMILES string of the molecule is N#CCSc1ccc(NC(=O)/C(=C/c2ccc(Cl)cc2)NC(=O)c2ccccc2)cc1. The van der Waals surface area contributed by atoms with Gasteiger partial charge in [0, 0.05) is 21.2 Å². The number of amides is 2. The lowest BCUT2D eigenvalue weighted by molar-refractivity contribution is -0.113. The zero-order valence-electron chi connectivity index (χ0n) is 16.3. The first-order chi connectivity index (χ1) is 15.0. The Morgan fingerprint density at radius 2 is 1.65 bits per heavy atom. The zero-order valence-corrected chi connectivity index (χ0v) is 17.9. The molecule has 0 aliphatic carbocycles. The van der Waals surface area contributed by atoms with Gasteiger partial charge in [-0.25, -0.2) is 0 Å². The lowest BCUT2D eigenvalue weighted by Gasteiger charge is -2.12. The molecule has 0 heterocycles. The second-order valence-corrected chi connectivity index (χ2v) is 7.84. The van der Waals surface area contributed by atoms with Crippen molar-refractivity contribution in [3.8, 4) is 6.07 Å². The summed E-state index contributed by atoms with van der Waals surface area (Å²) in [6.07, 6.45) is 1.59. The molecule has 2 amide bonds. The molecule has 0 spiro atoms. The van der Waals surface area contributed by atoms with Crippen molar-refractivity contribution >= 4 is 46.9 Å². The Labute approximate surface area is 189 Å². The molecule has 3 aromatic rings. The fraction of sp³-hybridized carbons (Fsp3) is 0.0417. The molecular formula is C24H18ClN3O2S. The smallest absolute Gasteiger partial charge is 0.272 e. The van der Waals surface area contributed by atoms with E-state index in [0.717, 1.165) is 4.90 Å². The van der Waals surface area contributed by atoms with Crippen molar-refractivity contribution in [1.82, 2.24) is 5.32 Å². The van der Waals surface area contributed by atoms with E-state index in [4.69, 9.17) is 16.9 Å². The second-order valence-electron chi connectivity index (χ2n) is 6.36. The van der Waals surface area contributed by atoms with Crippen molar-refractivity contribution in [2.45, 2.75) is 4.90 Å². The van der Waals surface area contributed by atoms with E-state index in [1.807, 2.05) is 18.2 Å². The van der Waals surface area contributed by atoms with Gasteiger partial charge in [-0.05, 0) is 60.2 Å². The monoisotopic (exact) mass is 447 g/mol. The highest BCUT2D eigenvalue weighted by Gasteiger charge is 2.15. The number of nitrogens with zero attached hydrogens (tertiary/aromatic N) is 1. The maximum Gasteiger partial charge on any atom is 0.272 e. The molecule has 0 radical (unpaired) electrons. The van der Waals surface area contributed by atoms with Crippen LogP contribution < -0.4 is 10.6 Å². The Balaban J connectivity index is 1.81. The van der Waals surface area contributed by atoms with Crippen LogP contribution in [0.3, 0.4) is 0 Å². The third-order valence-corrected chi connectivity index (χ3v) is 5.26. The third-order valence-electron chi connectivity index (χ3n) is 4.13. The van der Waals surface area contributed by atoms with Gasteiger partial charge in [0.25, 0.3) is 11.8 Å². The fourth-order valence-electron chi connectivity index (χ4n) is 2.62. The van der Waals surface area contributed by atoms with Crippen LogP contribution in [-0.4, -0.2) is 17.6 Å². The van der Waals surface area contributed by atoms with Gasteiger partial charge >= 0.3 is 0 Å². The summed E-state index contributed by atoms with van der Waals surface area (Å²) in [7, 11) is 0. The molecule has 7 heteroatoms. The topological polar surface area (TPSA) is 82.0 Å². The third kappa shape index (κ3) is 6.75. The van der Waals surface area contributed by atoms with Gasteiger partial charge in [-0.2, -0.15) is 5.26 Å². The predicted octanol–water partition coefficient (Wildman–Crippen LogP) is 5.37. The Kier molecular flexibility index (Phi) is 7.88. The molecule has 0 aliphatic rings. The van der Waals surface area contributed by atoms with E-state index < -0.39 is 5.91 Å². The molecule has 154 valence electrons. The van der Waals surface area contributed by atoms with Gasteiger partial charge in [0.2, 0.25) is 0 Å². The first kappa shape index (κ1) is 22.2. The molecule has 0 fully saturated rings. The maximum atomic E-state index is 12.9. The summed E-state index contributed by atoms with van der Waals surface area (Å²) in [6.45, 7) is 0. The molecule has 0 saturated carbocycles. The van der Waals surface area contributed by atoms with Crippen molar-refractivity contribution in [2.75, 3.05) is 11.1 Å². The van der Waals surface area contributed by atoms with Crippen LogP contribution in [0.5, 0.6) is 0 Å². The Morgan fingerprint density at radius 1 is 0.968 bits per heavy atom. The number of hydrogen-bond donors (Lipinski definition) is 2. The minimum Gasteiger partial charge on any atom is -0.321 e. The quantitative estimate of drug-likeness (QED) is 0.377. The minimum absolute atomic E-state index is 0.0964. The fourth-order valence-corrected chi connectivity index (χ4v) is 3.30. The number of hydrogen-bond acceptors (Lipinski definition) is 4. The predicted molar refractivity (Wildman–Crippen MR) is 125 cm³/mol. The molecule has 0 saturated heterocycles. The Hall–Kier alpha value is -3.53. The highest BCUT2D eigenvalue weighted by molar-refractivity contribution is 7.99. The van der Waals surface area contributed by atoms with E-state index in [0.29, 0.717) is 27.6 Å². The number of rotatable bonds is 7. The van der Waals surface area contributed by atoms with E-state index in [1.54, 1.807) is 66.7 Å². The van der Waals surface area contributed by atoms with E-state index in [2.05, 4.69) is 16.7 Å². The first-order valence-electron chi connectivity index (χ1n) is 9.30. The molecule has 0 atom stereocenters. The van der Waals surface area contributed by atoms with Gasteiger partial charge in [-0.15, -0.1) is 11.8 Å². The van der Waals surface area contributed by atoms with Crippen LogP contribution in [-0.2, 0) is 4.79 Å². The number of nitrogens with one attached hydrogen (secondary N) is 2. The first-order valence-corrected chi connectivity index (χ1v) is 10.7. The minimum atomic E-state index is -0.461. The van der Waals surface area contributed by atoms with E-state index in [-0.39, 0.29) is 11.6 Å². The standard InChI is InChI=1S/C24H18ClN3O2S/c25-19-8-6-17(7-9-19)16-22(28-23(29)18-4-2-1-3-5-18)24(30)27-20-10-12-21(13-11-20)31-15-14-26/h1-13,16H,15H2,(H,27,30)(H,28,29)/b22-16-. The van der Waals surface area contributed by atoms with Gasteiger partial charge in [0.15, 0.2) is 0 Å². The summed E-state index contributed by atoms with van der Waals surface area (Å²) in [5.41, 5.74) is 1.82. The molecule has 0 aliphatic heterocycles. The number of thioether (sulfide) groups is 1. The normalized spacial score (nSPS) is 10.8. The summed E-state index contributed by atoms with van der Waals surface area (Å²) >= 11 is 7.35. The number of carbonyl (C=O) groups is 2. The van der Waals surface area contributed by atoms with Crippen LogP contribution >= 0.6 is 23.4 Å². The molecule has 2 N–H and O–H groups in total. The van der Waals surface area contributed by atoms with E-state index in [9.17, 15) is 9.59 Å². The molecule has 5 nitrogen and oxygen atoms in total. The van der Waals surface area contributed by atoms with Crippen LogP contribution in [0.1, 0.15) is 15.9 Å². The summed E-state index contributed by atoms with van der Waals surface area (Å²) in [4.78, 5) is 26.5. The lowest BCUT2D eigenvalue weighted by Crippen LogP contribution is -2.30. The van der Waals surface area contributed by atoms with Gasteiger partial charge in [0.05, 0.1) is 11.8 Å². The van der Waals surface area contributed by atoms with E-state index in [1.165, 1.54) is 11.8 Å². The highest BCUT2D eigenvalue weighted by atomic mass is 35.5. The number of nitriles is 1. The Morgan fingerprint density at radius 3 is 2.29 bits per heavy atom. The lowest BCUT2D eigenvalue weighted by atomic mass is 10.1. The molecule has 31 heavy (non-hydrogen) atoms. The van der Waals surface area contributed by atoms with Gasteiger partial charge in [-0.1, -0.05) is 41.9 Å². The Bertz CT molecular complexity index is 1120. The molecule has 0 aromatic heterocycles.